The average Bonchev–Trinajstić information content (AvgIpc) is 3.33. The lowest BCUT2D eigenvalue weighted by atomic mass is 10.00. The van der Waals surface area contributed by atoms with Crippen molar-refractivity contribution in [2.45, 2.75) is 32.9 Å². The van der Waals surface area contributed by atoms with Gasteiger partial charge in [-0.2, -0.15) is 0 Å². The van der Waals surface area contributed by atoms with Crippen LogP contribution >= 0.6 is 12.2 Å². The predicted octanol–water partition coefficient (Wildman–Crippen LogP) is 5.97. The van der Waals surface area contributed by atoms with Gasteiger partial charge in [0.25, 0.3) is 0 Å². The number of nitrogens with one attached hydrogen (secondary N) is 1. The lowest BCUT2D eigenvalue weighted by Crippen LogP contribution is -2.30. The summed E-state index contributed by atoms with van der Waals surface area (Å²) >= 11 is 5.91. The van der Waals surface area contributed by atoms with Crippen LogP contribution in [0.25, 0.3) is 5.69 Å². The zero-order chi connectivity index (χ0) is 22.2. The summed E-state index contributed by atoms with van der Waals surface area (Å²) in [7, 11) is 0. The van der Waals surface area contributed by atoms with E-state index in [1.165, 1.54) is 22.5 Å². The summed E-state index contributed by atoms with van der Waals surface area (Å²) in [6.07, 6.45) is 1.85. The van der Waals surface area contributed by atoms with Crippen LogP contribution in [0.4, 0.5) is 5.69 Å². The molecule has 1 aliphatic rings. The molecule has 1 saturated heterocycles. The van der Waals surface area contributed by atoms with E-state index >= 15 is 0 Å². The van der Waals surface area contributed by atoms with Crippen molar-refractivity contribution < 1.29 is 0 Å². The molecule has 160 valence electrons. The van der Waals surface area contributed by atoms with Gasteiger partial charge in [0.2, 0.25) is 0 Å². The van der Waals surface area contributed by atoms with Crippen LogP contribution in [0.1, 0.15) is 40.3 Å². The summed E-state index contributed by atoms with van der Waals surface area (Å²) in [6.45, 7) is 6.41. The quantitative estimate of drug-likeness (QED) is 0.398. The van der Waals surface area contributed by atoms with Crippen molar-refractivity contribution in [3.63, 3.8) is 0 Å². The highest BCUT2D eigenvalue weighted by atomic mass is 32.1. The summed E-state index contributed by atoms with van der Waals surface area (Å²) in [5.41, 5.74) is 8.02. The van der Waals surface area contributed by atoms with Gasteiger partial charge in [-0.15, -0.1) is 0 Å². The van der Waals surface area contributed by atoms with Gasteiger partial charge in [0, 0.05) is 29.0 Å². The molecule has 5 heteroatoms. The molecular formula is C27H26N4S. The number of pyridine rings is 1. The first-order chi connectivity index (χ1) is 15.5. The van der Waals surface area contributed by atoms with Gasteiger partial charge in [-0.05, 0) is 92.6 Å². The Labute approximate surface area is 194 Å². The van der Waals surface area contributed by atoms with E-state index in [0.717, 1.165) is 17.1 Å². The predicted molar refractivity (Wildman–Crippen MR) is 134 cm³/mol. The zero-order valence-corrected chi connectivity index (χ0v) is 19.3. The Morgan fingerprint density at radius 2 is 1.53 bits per heavy atom. The molecule has 0 saturated carbocycles. The number of hydrogen-bond donors (Lipinski definition) is 1. The van der Waals surface area contributed by atoms with E-state index in [1.54, 1.807) is 0 Å². The van der Waals surface area contributed by atoms with Gasteiger partial charge < -0.3 is 14.8 Å². The maximum atomic E-state index is 5.91. The first-order valence-corrected chi connectivity index (χ1v) is 11.3. The number of hydrogen-bond acceptors (Lipinski definition) is 2. The number of thiocarbonyl (C=S) groups is 1. The van der Waals surface area contributed by atoms with Gasteiger partial charge >= 0.3 is 0 Å². The monoisotopic (exact) mass is 438 g/mol. The molecule has 0 spiro atoms. The number of para-hydroxylation sites is 1. The summed E-state index contributed by atoms with van der Waals surface area (Å²) in [5.74, 6) is 0. The molecule has 2 atom stereocenters. The van der Waals surface area contributed by atoms with Gasteiger partial charge in [-0.3, -0.25) is 4.98 Å². The number of anilines is 1. The lowest BCUT2D eigenvalue weighted by Gasteiger charge is -2.30. The van der Waals surface area contributed by atoms with Crippen LogP contribution in [0.5, 0.6) is 0 Å². The van der Waals surface area contributed by atoms with Crippen LogP contribution < -0.4 is 10.2 Å². The minimum Gasteiger partial charge on any atom is -0.351 e. The van der Waals surface area contributed by atoms with Gasteiger partial charge in [-0.1, -0.05) is 30.3 Å². The normalized spacial score (nSPS) is 18.1. The minimum absolute atomic E-state index is 0.0486. The molecule has 1 N–H and O–H groups in total. The third kappa shape index (κ3) is 3.59. The highest BCUT2D eigenvalue weighted by molar-refractivity contribution is 7.80. The average molecular weight is 439 g/mol. The fraction of sp³-hybridized carbons (Fsp3) is 0.185. The van der Waals surface area contributed by atoms with Crippen molar-refractivity contribution in [1.82, 2.24) is 14.9 Å². The second-order valence-corrected chi connectivity index (χ2v) is 8.80. The molecule has 2 aromatic carbocycles. The van der Waals surface area contributed by atoms with Crippen molar-refractivity contribution in [3.05, 3.63) is 113 Å². The molecule has 2 aromatic heterocycles. The first kappa shape index (κ1) is 20.5. The standard InChI is InChI=1S/C27H26N4S/c1-18-15-19(2)17-22(16-18)31-26(25(29-27(31)32)23-11-7-8-14-28-23)24-13-12-20(3)30(24)21-9-5-4-6-10-21/h4-17,25-26H,1-3H3,(H,29,32). The van der Waals surface area contributed by atoms with Crippen LogP contribution in [0.3, 0.4) is 0 Å². The topological polar surface area (TPSA) is 33.1 Å². The fourth-order valence-electron chi connectivity index (χ4n) is 4.74. The highest BCUT2D eigenvalue weighted by Crippen LogP contribution is 2.43. The smallest absolute Gasteiger partial charge is 0.174 e. The summed E-state index contributed by atoms with van der Waals surface area (Å²) in [6, 6.07) is 27.4. The molecule has 1 aliphatic heterocycles. The molecule has 4 nitrogen and oxygen atoms in total. The first-order valence-electron chi connectivity index (χ1n) is 10.9. The molecule has 0 aliphatic carbocycles. The van der Waals surface area contributed by atoms with E-state index in [9.17, 15) is 0 Å². The summed E-state index contributed by atoms with van der Waals surface area (Å²) < 4.78 is 2.33. The Hall–Kier alpha value is -3.44. The van der Waals surface area contributed by atoms with E-state index in [-0.39, 0.29) is 12.1 Å². The number of benzene rings is 2. The molecule has 0 radical (unpaired) electrons. The molecule has 5 rings (SSSR count). The minimum atomic E-state index is -0.0683. The van der Waals surface area contributed by atoms with E-state index in [2.05, 4.69) is 101 Å². The van der Waals surface area contributed by atoms with Gasteiger partial charge in [0.05, 0.1) is 11.7 Å². The summed E-state index contributed by atoms with van der Waals surface area (Å²) in [5, 5.41) is 4.29. The third-order valence-electron chi connectivity index (χ3n) is 6.01. The van der Waals surface area contributed by atoms with E-state index < -0.39 is 0 Å². The van der Waals surface area contributed by atoms with Crippen molar-refractivity contribution in [1.29, 1.82) is 0 Å². The Bertz CT molecular complexity index is 1240. The molecule has 2 unspecified atom stereocenters. The summed E-state index contributed by atoms with van der Waals surface area (Å²) in [4.78, 5) is 6.94. The van der Waals surface area contributed by atoms with Crippen LogP contribution in [0.15, 0.2) is 85.1 Å². The van der Waals surface area contributed by atoms with E-state index in [1.807, 2.05) is 24.4 Å². The van der Waals surface area contributed by atoms with Gasteiger partial charge in [0.15, 0.2) is 5.11 Å². The van der Waals surface area contributed by atoms with Crippen molar-refractivity contribution in [2.24, 2.45) is 0 Å². The van der Waals surface area contributed by atoms with Crippen molar-refractivity contribution in [2.75, 3.05) is 4.90 Å². The lowest BCUT2D eigenvalue weighted by molar-refractivity contribution is 0.548. The van der Waals surface area contributed by atoms with Crippen LogP contribution in [-0.4, -0.2) is 14.7 Å². The SMILES string of the molecule is Cc1cc(C)cc(N2C(=S)NC(c3ccccn3)C2c2ccc(C)n2-c2ccccc2)c1. The van der Waals surface area contributed by atoms with Gasteiger partial charge in [-0.25, -0.2) is 0 Å². The largest absolute Gasteiger partial charge is 0.351 e. The van der Waals surface area contributed by atoms with Crippen LogP contribution in [-0.2, 0) is 0 Å². The van der Waals surface area contributed by atoms with Crippen LogP contribution in [0.2, 0.25) is 0 Å². The van der Waals surface area contributed by atoms with Crippen LogP contribution in [0, 0.1) is 20.8 Å². The fourth-order valence-corrected chi connectivity index (χ4v) is 5.09. The van der Waals surface area contributed by atoms with Crippen molar-refractivity contribution in [3.8, 4) is 5.69 Å². The Morgan fingerprint density at radius 1 is 0.812 bits per heavy atom. The molecule has 3 heterocycles. The van der Waals surface area contributed by atoms with Crippen molar-refractivity contribution >= 4 is 23.0 Å². The maximum absolute atomic E-state index is 5.91. The Morgan fingerprint density at radius 3 is 2.22 bits per heavy atom. The number of aryl methyl sites for hydroxylation is 3. The maximum Gasteiger partial charge on any atom is 0.174 e. The number of aromatic nitrogens is 2. The Balaban J connectivity index is 1.72. The second kappa shape index (κ2) is 8.24. The highest BCUT2D eigenvalue weighted by Gasteiger charge is 2.42. The molecule has 0 bridgehead atoms. The molecule has 1 fully saturated rings. The number of nitrogens with zero attached hydrogens (tertiary/aromatic N) is 3. The number of rotatable bonds is 4. The molecule has 4 aromatic rings. The van der Waals surface area contributed by atoms with E-state index in [4.69, 9.17) is 12.2 Å². The molecule has 32 heavy (non-hydrogen) atoms. The molecular weight excluding hydrogens is 412 g/mol. The third-order valence-corrected chi connectivity index (χ3v) is 6.32. The second-order valence-electron chi connectivity index (χ2n) is 8.41. The van der Waals surface area contributed by atoms with Gasteiger partial charge in [0.1, 0.15) is 6.04 Å². The zero-order valence-electron chi connectivity index (χ0n) is 18.5. The Kier molecular flexibility index (Phi) is 5.27. The van der Waals surface area contributed by atoms with E-state index in [0.29, 0.717) is 5.11 Å². The molecule has 0 amide bonds.